The van der Waals surface area contributed by atoms with Gasteiger partial charge in [-0.2, -0.15) is 0 Å². The number of thioether (sulfide) groups is 1. The molecule has 4 nitrogen and oxygen atoms in total. The summed E-state index contributed by atoms with van der Waals surface area (Å²) in [4.78, 5) is 14.7. The fourth-order valence-electron chi connectivity index (χ4n) is 1.13. The summed E-state index contributed by atoms with van der Waals surface area (Å²) < 4.78 is 4.99. The first-order chi connectivity index (χ1) is 7.63. The summed E-state index contributed by atoms with van der Waals surface area (Å²) in [5.41, 5.74) is 0.217. The molecule has 1 aromatic rings. The molecule has 0 bridgehead atoms. The molecule has 88 valence electrons. The second-order valence-corrected chi connectivity index (χ2v) is 4.86. The van der Waals surface area contributed by atoms with Gasteiger partial charge in [0, 0.05) is 25.2 Å². The lowest BCUT2D eigenvalue weighted by molar-refractivity contribution is 0.0696. The Bertz CT molecular complexity index is 340. The van der Waals surface area contributed by atoms with Crippen LogP contribution in [-0.4, -0.2) is 35.0 Å². The van der Waals surface area contributed by atoms with Crippen LogP contribution < -0.4 is 0 Å². The molecule has 5 heteroatoms. The van der Waals surface area contributed by atoms with Crippen molar-refractivity contribution >= 4 is 17.7 Å². The van der Waals surface area contributed by atoms with Crippen LogP contribution in [0.3, 0.4) is 0 Å². The van der Waals surface area contributed by atoms with E-state index in [0.717, 1.165) is 18.1 Å². The van der Waals surface area contributed by atoms with Gasteiger partial charge < -0.3 is 9.84 Å². The van der Waals surface area contributed by atoms with Crippen molar-refractivity contribution in [2.75, 3.05) is 13.7 Å². The second-order valence-electron chi connectivity index (χ2n) is 3.40. The number of pyridine rings is 1. The van der Waals surface area contributed by atoms with Gasteiger partial charge in [0.15, 0.2) is 0 Å². The molecule has 0 aromatic carbocycles. The maximum atomic E-state index is 10.6. The number of carbonyl (C=O) groups is 1. The van der Waals surface area contributed by atoms with Gasteiger partial charge in [0.2, 0.25) is 0 Å². The van der Waals surface area contributed by atoms with Crippen LogP contribution in [-0.2, 0) is 4.74 Å². The van der Waals surface area contributed by atoms with Gasteiger partial charge in [0.25, 0.3) is 0 Å². The number of carboxylic acids is 1. The molecule has 0 fully saturated rings. The van der Waals surface area contributed by atoms with E-state index in [1.807, 2.05) is 0 Å². The van der Waals surface area contributed by atoms with Crippen molar-refractivity contribution in [3.63, 3.8) is 0 Å². The molecule has 1 heterocycles. The minimum Gasteiger partial charge on any atom is -0.478 e. The number of methoxy groups -OCH3 is 1. The Labute approximate surface area is 99.0 Å². The fourth-order valence-corrected chi connectivity index (χ4v) is 2.01. The van der Waals surface area contributed by atoms with Crippen molar-refractivity contribution in [1.82, 2.24) is 4.98 Å². The molecular weight excluding hydrogens is 226 g/mol. The number of nitrogens with zero attached hydrogens (tertiary/aromatic N) is 1. The fraction of sp³-hybridized carbons (Fsp3) is 0.455. The van der Waals surface area contributed by atoms with Gasteiger partial charge in [0.1, 0.15) is 0 Å². The SMILES string of the molecule is COCCC(C)Sc1ccc(C(=O)O)cn1. The molecule has 1 atom stereocenters. The van der Waals surface area contributed by atoms with E-state index in [9.17, 15) is 4.79 Å². The third kappa shape index (κ3) is 4.20. The first-order valence-electron chi connectivity index (χ1n) is 4.98. The molecule has 0 saturated carbocycles. The van der Waals surface area contributed by atoms with Gasteiger partial charge in [-0.25, -0.2) is 9.78 Å². The van der Waals surface area contributed by atoms with E-state index >= 15 is 0 Å². The lowest BCUT2D eigenvalue weighted by Crippen LogP contribution is -2.02. The molecule has 0 radical (unpaired) electrons. The first-order valence-corrected chi connectivity index (χ1v) is 5.86. The average molecular weight is 241 g/mol. The van der Waals surface area contributed by atoms with Crippen molar-refractivity contribution < 1.29 is 14.6 Å². The number of aromatic nitrogens is 1. The number of aromatic carboxylic acids is 1. The molecule has 1 rings (SSSR count). The monoisotopic (exact) mass is 241 g/mol. The summed E-state index contributed by atoms with van der Waals surface area (Å²) >= 11 is 1.62. The Morgan fingerprint density at radius 1 is 1.62 bits per heavy atom. The van der Waals surface area contributed by atoms with Crippen LogP contribution in [0.25, 0.3) is 0 Å². The summed E-state index contributed by atoms with van der Waals surface area (Å²) in [5, 5.41) is 9.96. The van der Waals surface area contributed by atoms with Crippen molar-refractivity contribution in [2.24, 2.45) is 0 Å². The summed E-state index contributed by atoms with van der Waals surface area (Å²) in [6.45, 7) is 2.82. The Hall–Kier alpha value is -1.07. The molecule has 1 N–H and O–H groups in total. The Balaban J connectivity index is 2.51. The molecule has 1 aromatic heterocycles. The predicted octanol–water partition coefficient (Wildman–Crippen LogP) is 2.30. The molecular formula is C11H15NO3S. The van der Waals surface area contributed by atoms with E-state index in [-0.39, 0.29) is 5.56 Å². The van der Waals surface area contributed by atoms with Gasteiger partial charge in [-0.1, -0.05) is 6.92 Å². The average Bonchev–Trinajstić information content (AvgIpc) is 2.27. The van der Waals surface area contributed by atoms with Crippen LogP contribution in [0.15, 0.2) is 23.4 Å². The third-order valence-electron chi connectivity index (χ3n) is 2.03. The third-order valence-corrected chi connectivity index (χ3v) is 3.15. The smallest absolute Gasteiger partial charge is 0.337 e. The zero-order valence-electron chi connectivity index (χ0n) is 9.34. The maximum absolute atomic E-state index is 10.6. The molecule has 0 spiro atoms. The normalized spacial score (nSPS) is 12.4. The summed E-state index contributed by atoms with van der Waals surface area (Å²) in [6, 6.07) is 3.30. The zero-order chi connectivity index (χ0) is 12.0. The van der Waals surface area contributed by atoms with Gasteiger partial charge in [-0.05, 0) is 18.6 Å². The van der Waals surface area contributed by atoms with Crippen molar-refractivity contribution in [2.45, 2.75) is 23.6 Å². The molecule has 0 aliphatic rings. The van der Waals surface area contributed by atoms with Gasteiger partial charge in [0.05, 0.1) is 10.6 Å². The molecule has 0 aliphatic carbocycles. The maximum Gasteiger partial charge on any atom is 0.337 e. The number of hydrogen-bond acceptors (Lipinski definition) is 4. The van der Waals surface area contributed by atoms with Crippen LogP contribution in [0.5, 0.6) is 0 Å². The minimum absolute atomic E-state index is 0.217. The van der Waals surface area contributed by atoms with Crippen molar-refractivity contribution in [3.05, 3.63) is 23.9 Å². The van der Waals surface area contributed by atoms with Crippen LogP contribution in [0.1, 0.15) is 23.7 Å². The van der Waals surface area contributed by atoms with Crippen molar-refractivity contribution in [1.29, 1.82) is 0 Å². The summed E-state index contributed by atoms with van der Waals surface area (Å²) in [6.07, 6.45) is 2.33. The highest BCUT2D eigenvalue weighted by molar-refractivity contribution is 7.99. The quantitative estimate of drug-likeness (QED) is 0.774. The Kier molecular flexibility index (Phi) is 5.28. The van der Waals surface area contributed by atoms with E-state index in [2.05, 4.69) is 11.9 Å². The van der Waals surface area contributed by atoms with Gasteiger partial charge >= 0.3 is 5.97 Å². The Morgan fingerprint density at radius 3 is 2.88 bits per heavy atom. The highest BCUT2D eigenvalue weighted by Gasteiger charge is 2.07. The molecule has 0 amide bonds. The number of rotatable bonds is 6. The van der Waals surface area contributed by atoms with Crippen LogP contribution in [0.4, 0.5) is 0 Å². The van der Waals surface area contributed by atoms with Gasteiger partial charge in [-0.3, -0.25) is 0 Å². The zero-order valence-corrected chi connectivity index (χ0v) is 10.2. The molecule has 16 heavy (non-hydrogen) atoms. The van der Waals surface area contributed by atoms with Crippen LogP contribution in [0, 0.1) is 0 Å². The van der Waals surface area contributed by atoms with E-state index in [0.29, 0.717) is 5.25 Å². The topological polar surface area (TPSA) is 59.4 Å². The molecule has 0 saturated heterocycles. The molecule has 1 unspecified atom stereocenters. The highest BCUT2D eigenvalue weighted by atomic mass is 32.2. The lowest BCUT2D eigenvalue weighted by atomic mass is 10.3. The summed E-state index contributed by atoms with van der Waals surface area (Å²) in [5.74, 6) is -0.948. The first kappa shape index (κ1) is 13.0. The van der Waals surface area contributed by atoms with Crippen molar-refractivity contribution in [3.8, 4) is 0 Å². The largest absolute Gasteiger partial charge is 0.478 e. The minimum atomic E-state index is -0.948. The van der Waals surface area contributed by atoms with Crippen LogP contribution in [0.2, 0.25) is 0 Å². The number of hydrogen-bond donors (Lipinski definition) is 1. The number of ether oxygens (including phenoxy) is 1. The second kappa shape index (κ2) is 6.50. The summed E-state index contributed by atoms with van der Waals surface area (Å²) in [7, 11) is 1.68. The van der Waals surface area contributed by atoms with E-state index in [1.54, 1.807) is 31.0 Å². The standard InChI is InChI=1S/C11H15NO3S/c1-8(5-6-15-2)16-10-4-3-9(7-12-10)11(13)14/h3-4,7-8H,5-6H2,1-2H3,(H,13,14). The molecule has 0 aliphatic heterocycles. The van der Waals surface area contributed by atoms with Gasteiger partial charge in [-0.15, -0.1) is 11.8 Å². The van der Waals surface area contributed by atoms with E-state index in [4.69, 9.17) is 9.84 Å². The predicted molar refractivity (Wildman–Crippen MR) is 63.0 cm³/mol. The van der Waals surface area contributed by atoms with E-state index in [1.165, 1.54) is 6.20 Å². The lowest BCUT2D eigenvalue weighted by Gasteiger charge is -2.09. The number of carboxylic acid groups (broad SMARTS) is 1. The highest BCUT2D eigenvalue weighted by Crippen LogP contribution is 2.23. The Morgan fingerprint density at radius 2 is 2.38 bits per heavy atom. The van der Waals surface area contributed by atoms with E-state index < -0.39 is 5.97 Å². The van der Waals surface area contributed by atoms with Crippen LogP contribution >= 0.6 is 11.8 Å².